The summed E-state index contributed by atoms with van der Waals surface area (Å²) in [6, 6.07) is 4.32. The molecule has 1 N–H and O–H groups in total. The van der Waals surface area contributed by atoms with E-state index in [4.69, 9.17) is 4.74 Å². The number of aromatic nitrogens is 1. The Hall–Kier alpha value is -2.04. The summed E-state index contributed by atoms with van der Waals surface area (Å²) in [6.07, 6.45) is 0. The van der Waals surface area contributed by atoms with Gasteiger partial charge in [-0.2, -0.15) is 0 Å². The van der Waals surface area contributed by atoms with Crippen LogP contribution < -0.4 is 4.74 Å². The van der Waals surface area contributed by atoms with E-state index >= 15 is 0 Å². The summed E-state index contributed by atoms with van der Waals surface area (Å²) in [4.78, 5) is 14.1. The second-order valence-electron chi connectivity index (χ2n) is 3.22. The van der Waals surface area contributed by atoms with Crippen LogP contribution in [0, 0.1) is 5.82 Å². The molecule has 0 aliphatic heterocycles. The summed E-state index contributed by atoms with van der Waals surface area (Å²) in [5.41, 5.74) is 0.889. The standard InChI is InChI=1S/C11H10FNO3/c1-15-10-6-5-9(11(14)16-2)13-8(6)4-3-7(10)12/h3-5,13H,1-2H3. The maximum atomic E-state index is 13.4. The first-order chi connectivity index (χ1) is 7.67. The number of fused-ring (bicyclic) bond motifs is 1. The maximum absolute atomic E-state index is 13.4. The molecule has 0 atom stereocenters. The SMILES string of the molecule is COC(=O)c1cc2c(OC)c(F)ccc2[nH]1. The van der Waals surface area contributed by atoms with Crippen LogP contribution in [0.2, 0.25) is 0 Å². The number of methoxy groups -OCH3 is 2. The molecule has 0 amide bonds. The van der Waals surface area contributed by atoms with Crippen molar-refractivity contribution in [3.63, 3.8) is 0 Å². The Bertz CT molecular complexity index is 547. The van der Waals surface area contributed by atoms with Crippen molar-refractivity contribution in [1.29, 1.82) is 0 Å². The van der Waals surface area contributed by atoms with E-state index in [0.717, 1.165) is 0 Å². The van der Waals surface area contributed by atoms with Crippen LogP contribution in [0.15, 0.2) is 18.2 Å². The minimum Gasteiger partial charge on any atom is -0.493 e. The maximum Gasteiger partial charge on any atom is 0.354 e. The van der Waals surface area contributed by atoms with Gasteiger partial charge in [0, 0.05) is 10.9 Å². The Labute approximate surface area is 91.0 Å². The Balaban J connectivity index is 2.65. The van der Waals surface area contributed by atoms with E-state index in [1.165, 1.54) is 26.4 Å². The van der Waals surface area contributed by atoms with Gasteiger partial charge in [0.15, 0.2) is 11.6 Å². The molecule has 0 saturated heterocycles. The molecule has 16 heavy (non-hydrogen) atoms. The van der Waals surface area contributed by atoms with Gasteiger partial charge < -0.3 is 14.5 Å². The van der Waals surface area contributed by atoms with E-state index in [-0.39, 0.29) is 11.4 Å². The van der Waals surface area contributed by atoms with Crippen molar-refractivity contribution in [3.05, 3.63) is 29.7 Å². The molecule has 0 bridgehead atoms. The monoisotopic (exact) mass is 223 g/mol. The molecule has 0 aliphatic carbocycles. The molecule has 5 heteroatoms. The third-order valence-electron chi connectivity index (χ3n) is 2.32. The predicted octanol–water partition coefficient (Wildman–Crippen LogP) is 2.10. The highest BCUT2D eigenvalue weighted by Gasteiger charge is 2.14. The number of aromatic amines is 1. The quantitative estimate of drug-likeness (QED) is 0.793. The molecule has 0 radical (unpaired) electrons. The summed E-state index contributed by atoms with van der Waals surface area (Å²) in [5, 5.41) is 0.517. The lowest BCUT2D eigenvalue weighted by molar-refractivity contribution is 0.0595. The highest BCUT2D eigenvalue weighted by atomic mass is 19.1. The lowest BCUT2D eigenvalue weighted by Crippen LogP contribution is -2.00. The average molecular weight is 223 g/mol. The van der Waals surface area contributed by atoms with Crippen molar-refractivity contribution in [2.24, 2.45) is 0 Å². The molecule has 1 heterocycles. The van der Waals surface area contributed by atoms with Crippen LogP contribution in [0.3, 0.4) is 0 Å². The molecule has 0 aliphatic rings. The Morgan fingerprint density at radius 1 is 1.38 bits per heavy atom. The van der Waals surface area contributed by atoms with Crippen LogP contribution >= 0.6 is 0 Å². The fourth-order valence-corrected chi connectivity index (χ4v) is 1.58. The van der Waals surface area contributed by atoms with E-state index in [9.17, 15) is 9.18 Å². The molecule has 1 aromatic heterocycles. The van der Waals surface area contributed by atoms with Crippen LogP contribution in [0.25, 0.3) is 10.9 Å². The molecule has 1 aromatic carbocycles. The first kappa shape index (κ1) is 10.5. The minimum absolute atomic E-state index is 0.115. The van der Waals surface area contributed by atoms with Crippen molar-refractivity contribution in [1.82, 2.24) is 4.98 Å². The number of nitrogens with one attached hydrogen (secondary N) is 1. The Morgan fingerprint density at radius 2 is 2.12 bits per heavy atom. The van der Waals surface area contributed by atoms with Gasteiger partial charge in [-0.1, -0.05) is 0 Å². The molecule has 0 spiro atoms. The van der Waals surface area contributed by atoms with Crippen LogP contribution in [-0.2, 0) is 4.74 Å². The highest BCUT2D eigenvalue weighted by Crippen LogP contribution is 2.29. The smallest absolute Gasteiger partial charge is 0.354 e. The molecule has 0 saturated carbocycles. The van der Waals surface area contributed by atoms with Gasteiger partial charge in [0.2, 0.25) is 0 Å². The van der Waals surface area contributed by atoms with E-state index < -0.39 is 11.8 Å². The van der Waals surface area contributed by atoms with Gasteiger partial charge >= 0.3 is 5.97 Å². The van der Waals surface area contributed by atoms with Crippen molar-refractivity contribution >= 4 is 16.9 Å². The zero-order valence-corrected chi connectivity index (χ0v) is 8.83. The number of benzene rings is 1. The van der Waals surface area contributed by atoms with E-state index in [1.54, 1.807) is 6.07 Å². The molecule has 2 aromatic rings. The number of hydrogen-bond donors (Lipinski definition) is 1. The number of H-pyrrole nitrogens is 1. The first-order valence-electron chi connectivity index (χ1n) is 4.61. The number of esters is 1. The average Bonchev–Trinajstić information content (AvgIpc) is 2.71. The summed E-state index contributed by atoms with van der Waals surface area (Å²) in [7, 11) is 2.66. The van der Waals surface area contributed by atoms with Gasteiger partial charge in [0.05, 0.1) is 14.2 Å². The zero-order valence-electron chi connectivity index (χ0n) is 8.83. The summed E-state index contributed by atoms with van der Waals surface area (Å²) in [6.45, 7) is 0. The van der Waals surface area contributed by atoms with Crippen molar-refractivity contribution in [3.8, 4) is 5.75 Å². The lowest BCUT2D eigenvalue weighted by Gasteiger charge is -2.01. The van der Waals surface area contributed by atoms with E-state index in [0.29, 0.717) is 10.9 Å². The number of halogens is 1. The van der Waals surface area contributed by atoms with Gasteiger partial charge in [-0.15, -0.1) is 0 Å². The minimum atomic E-state index is -0.501. The van der Waals surface area contributed by atoms with Crippen LogP contribution in [0.5, 0.6) is 5.75 Å². The summed E-state index contributed by atoms with van der Waals surface area (Å²) >= 11 is 0. The van der Waals surface area contributed by atoms with Crippen LogP contribution in [0.1, 0.15) is 10.5 Å². The van der Waals surface area contributed by atoms with Crippen molar-refractivity contribution < 1.29 is 18.7 Å². The van der Waals surface area contributed by atoms with Crippen LogP contribution in [-0.4, -0.2) is 25.2 Å². The molecule has 0 fully saturated rings. The zero-order chi connectivity index (χ0) is 11.7. The van der Waals surface area contributed by atoms with Gasteiger partial charge in [0.25, 0.3) is 0 Å². The van der Waals surface area contributed by atoms with Crippen molar-refractivity contribution in [2.45, 2.75) is 0 Å². The Kier molecular flexibility index (Phi) is 2.52. The lowest BCUT2D eigenvalue weighted by atomic mass is 10.2. The summed E-state index contributed by atoms with van der Waals surface area (Å²) < 4.78 is 22.9. The molecule has 2 rings (SSSR count). The van der Waals surface area contributed by atoms with Gasteiger partial charge in [-0.3, -0.25) is 0 Å². The van der Waals surface area contributed by atoms with E-state index in [1.807, 2.05) is 0 Å². The molecular weight excluding hydrogens is 213 g/mol. The second-order valence-corrected chi connectivity index (χ2v) is 3.22. The third kappa shape index (κ3) is 1.50. The Morgan fingerprint density at radius 3 is 2.75 bits per heavy atom. The largest absolute Gasteiger partial charge is 0.493 e. The highest BCUT2D eigenvalue weighted by molar-refractivity contribution is 5.97. The fourth-order valence-electron chi connectivity index (χ4n) is 1.58. The van der Waals surface area contributed by atoms with E-state index in [2.05, 4.69) is 9.72 Å². The first-order valence-corrected chi connectivity index (χ1v) is 4.61. The molecule has 84 valence electrons. The predicted molar refractivity (Wildman–Crippen MR) is 56.1 cm³/mol. The molecule has 4 nitrogen and oxygen atoms in total. The summed E-state index contributed by atoms with van der Waals surface area (Å²) in [5.74, 6) is -0.854. The van der Waals surface area contributed by atoms with Gasteiger partial charge in [0.1, 0.15) is 5.69 Å². The number of carbonyl (C=O) groups is 1. The molecular formula is C11H10FNO3. The fraction of sp³-hybridized carbons (Fsp3) is 0.182. The van der Waals surface area contributed by atoms with Gasteiger partial charge in [-0.25, -0.2) is 9.18 Å². The second kappa shape index (κ2) is 3.84. The number of ether oxygens (including phenoxy) is 2. The normalized spacial score (nSPS) is 10.4. The van der Waals surface area contributed by atoms with Gasteiger partial charge in [-0.05, 0) is 18.2 Å². The number of hydrogen-bond acceptors (Lipinski definition) is 3. The number of carbonyl (C=O) groups excluding carboxylic acids is 1. The molecule has 0 unspecified atom stereocenters. The topological polar surface area (TPSA) is 51.3 Å². The van der Waals surface area contributed by atoms with Crippen LogP contribution in [0.4, 0.5) is 4.39 Å². The number of rotatable bonds is 2. The van der Waals surface area contributed by atoms with Crippen molar-refractivity contribution in [2.75, 3.05) is 14.2 Å². The third-order valence-corrected chi connectivity index (χ3v) is 2.32.